The molecule has 1 aromatic carbocycles. The van der Waals surface area contributed by atoms with Crippen LogP contribution in [0.3, 0.4) is 0 Å². The van der Waals surface area contributed by atoms with Gasteiger partial charge in [0, 0.05) is 19.2 Å². The van der Waals surface area contributed by atoms with E-state index in [2.05, 4.69) is 36.1 Å². The molecule has 0 fully saturated rings. The number of ether oxygens (including phenoxy) is 2. The number of methoxy groups -OCH3 is 1. The van der Waals surface area contributed by atoms with Crippen LogP contribution < -0.4 is 20.7 Å². The largest absolute Gasteiger partial charge is 0.497 e. The Labute approximate surface area is 183 Å². The van der Waals surface area contributed by atoms with Crippen molar-refractivity contribution in [2.24, 2.45) is 4.99 Å². The van der Waals surface area contributed by atoms with Gasteiger partial charge in [0.15, 0.2) is 11.8 Å². The van der Waals surface area contributed by atoms with Crippen LogP contribution in [0.15, 0.2) is 29.3 Å². The van der Waals surface area contributed by atoms with Crippen molar-refractivity contribution in [1.82, 2.24) is 31.1 Å². The summed E-state index contributed by atoms with van der Waals surface area (Å²) in [6, 6.07) is 7.53. The first-order valence-electron chi connectivity index (χ1n) is 10.0. The molecule has 0 radical (unpaired) electrons. The number of carbonyl (C=O) groups excluding carboxylic acids is 1. The molecule has 0 unspecified atom stereocenters. The smallest absolute Gasteiger partial charge is 0.408 e. The number of guanidine groups is 1. The molecule has 0 spiro atoms. The maximum atomic E-state index is 12.0. The molecule has 0 aliphatic heterocycles. The summed E-state index contributed by atoms with van der Waals surface area (Å²) in [6.07, 6.45) is -0.463. The van der Waals surface area contributed by atoms with Gasteiger partial charge in [0.25, 0.3) is 0 Å². The maximum absolute atomic E-state index is 12.0. The Hall–Kier alpha value is -3.30. The molecule has 0 bridgehead atoms. The van der Waals surface area contributed by atoms with Crippen LogP contribution in [-0.4, -0.2) is 59.1 Å². The van der Waals surface area contributed by atoms with E-state index >= 15 is 0 Å². The first-order valence-corrected chi connectivity index (χ1v) is 10.0. The number of H-pyrrole nitrogens is 1. The van der Waals surface area contributed by atoms with Crippen LogP contribution in [0.5, 0.6) is 5.75 Å². The predicted octanol–water partition coefficient (Wildman–Crippen LogP) is 2.45. The number of carbonyl (C=O) groups is 1. The van der Waals surface area contributed by atoms with E-state index in [1.165, 1.54) is 0 Å². The molecule has 2 rings (SSSR count). The summed E-state index contributed by atoms with van der Waals surface area (Å²) in [4.78, 5) is 20.7. The Morgan fingerprint density at radius 2 is 1.81 bits per heavy atom. The highest BCUT2D eigenvalue weighted by Crippen LogP contribution is 2.18. The molecule has 0 aliphatic carbocycles. The molecule has 4 N–H and O–H groups in total. The van der Waals surface area contributed by atoms with Crippen molar-refractivity contribution in [3.05, 3.63) is 30.1 Å². The van der Waals surface area contributed by atoms with Crippen LogP contribution in [0, 0.1) is 0 Å². The lowest BCUT2D eigenvalue weighted by Gasteiger charge is -2.29. The summed E-state index contributed by atoms with van der Waals surface area (Å²) in [5, 5.41) is 16.4. The zero-order valence-electron chi connectivity index (χ0n) is 19.3. The van der Waals surface area contributed by atoms with E-state index in [0.717, 1.165) is 11.3 Å². The quantitative estimate of drug-likeness (QED) is 0.392. The molecule has 0 aliphatic rings. The van der Waals surface area contributed by atoms with Crippen LogP contribution in [-0.2, 0) is 11.3 Å². The van der Waals surface area contributed by atoms with Crippen LogP contribution in [0.2, 0.25) is 0 Å². The van der Waals surface area contributed by atoms with Gasteiger partial charge in [-0.15, -0.1) is 0 Å². The number of rotatable bonds is 7. The molecule has 1 amide bonds. The van der Waals surface area contributed by atoms with E-state index in [1.54, 1.807) is 14.2 Å². The SMILES string of the molecule is CN=C(NCc1nc(-c2ccc(OC)cc2)n[nH]1)NCC(C)(C)NC(=O)OC(C)(C)C. The summed E-state index contributed by atoms with van der Waals surface area (Å²) >= 11 is 0. The summed E-state index contributed by atoms with van der Waals surface area (Å²) in [7, 11) is 3.30. The van der Waals surface area contributed by atoms with Crippen LogP contribution in [0.25, 0.3) is 11.4 Å². The van der Waals surface area contributed by atoms with Crippen molar-refractivity contribution in [3.8, 4) is 17.1 Å². The molecular weight excluding hydrogens is 398 g/mol. The number of hydrogen-bond acceptors (Lipinski definition) is 6. The maximum Gasteiger partial charge on any atom is 0.408 e. The Balaban J connectivity index is 1.85. The zero-order chi connectivity index (χ0) is 23.1. The molecule has 1 aromatic heterocycles. The molecule has 1 heterocycles. The van der Waals surface area contributed by atoms with Crippen molar-refractivity contribution in [2.75, 3.05) is 20.7 Å². The minimum atomic E-state index is -0.549. The van der Waals surface area contributed by atoms with Crippen molar-refractivity contribution < 1.29 is 14.3 Å². The van der Waals surface area contributed by atoms with Crippen molar-refractivity contribution >= 4 is 12.1 Å². The van der Waals surface area contributed by atoms with Crippen LogP contribution in [0.1, 0.15) is 40.4 Å². The van der Waals surface area contributed by atoms with Gasteiger partial charge in [-0.3, -0.25) is 10.1 Å². The predicted molar refractivity (Wildman–Crippen MR) is 120 cm³/mol. The standard InChI is InChI=1S/C21H33N7O3/c1-20(2,3)31-19(29)26-21(4,5)13-24-18(22-6)23-12-16-25-17(28-27-16)14-8-10-15(30-7)11-9-14/h8-11H,12-13H2,1-7H3,(H,26,29)(H2,22,23,24)(H,25,27,28). The van der Waals surface area contributed by atoms with Crippen molar-refractivity contribution in [3.63, 3.8) is 0 Å². The number of amides is 1. The lowest BCUT2D eigenvalue weighted by molar-refractivity contribution is 0.0474. The van der Waals surface area contributed by atoms with Crippen molar-refractivity contribution in [1.29, 1.82) is 0 Å². The Morgan fingerprint density at radius 1 is 1.13 bits per heavy atom. The van der Waals surface area contributed by atoms with Crippen LogP contribution >= 0.6 is 0 Å². The van der Waals surface area contributed by atoms with Crippen molar-refractivity contribution in [2.45, 2.75) is 52.3 Å². The van der Waals surface area contributed by atoms with Gasteiger partial charge in [-0.1, -0.05) is 0 Å². The van der Waals surface area contributed by atoms with E-state index in [9.17, 15) is 4.79 Å². The molecule has 31 heavy (non-hydrogen) atoms. The number of aliphatic imine (C=N–C) groups is 1. The number of aromatic nitrogens is 3. The van der Waals surface area contributed by atoms with Gasteiger partial charge in [-0.25, -0.2) is 9.78 Å². The lowest BCUT2D eigenvalue weighted by Crippen LogP contribution is -2.54. The fourth-order valence-electron chi connectivity index (χ4n) is 2.56. The number of nitrogens with zero attached hydrogens (tertiary/aromatic N) is 3. The summed E-state index contributed by atoms with van der Waals surface area (Å²) in [5.74, 6) is 2.62. The summed E-state index contributed by atoms with van der Waals surface area (Å²) in [5.41, 5.74) is -0.207. The molecule has 10 nitrogen and oxygen atoms in total. The Bertz CT molecular complexity index is 883. The normalized spacial score (nSPS) is 12.3. The Kier molecular flexibility index (Phi) is 7.84. The molecule has 0 saturated carbocycles. The number of hydrogen-bond donors (Lipinski definition) is 4. The molecular formula is C21H33N7O3. The average molecular weight is 432 g/mol. The second kappa shape index (κ2) is 10.1. The van der Waals surface area contributed by atoms with Gasteiger partial charge >= 0.3 is 6.09 Å². The van der Waals surface area contributed by atoms with Gasteiger partial charge in [0.05, 0.1) is 19.2 Å². The molecule has 10 heteroatoms. The molecule has 0 atom stereocenters. The summed E-state index contributed by atoms with van der Waals surface area (Å²) < 4.78 is 10.5. The number of aromatic amines is 1. The van der Waals surface area contributed by atoms with E-state index in [0.29, 0.717) is 30.7 Å². The highest BCUT2D eigenvalue weighted by Gasteiger charge is 2.24. The fraction of sp³-hybridized carbons (Fsp3) is 0.524. The lowest BCUT2D eigenvalue weighted by atomic mass is 10.1. The highest BCUT2D eigenvalue weighted by atomic mass is 16.6. The van der Waals surface area contributed by atoms with Gasteiger partial charge in [0.2, 0.25) is 0 Å². The van der Waals surface area contributed by atoms with Gasteiger partial charge < -0.3 is 25.4 Å². The first-order chi connectivity index (χ1) is 14.5. The van der Waals surface area contributed by atoms with E-state index in [-0.39, 0.29) is 0 Å². The minimum absolute atomic E-state index is 0.406. The van der Waals surface area contributed by atoms with E-state index < -0.39 is 17.2 Å². The highest BCUT2D eigenvalue weighted by molar-refractivity contribution is 5.79. The average Bonchev–Trinajstić information content (AvgIpc) is 3.15. The third-order valence-electron chi connectivity index (χ3n) is 4.06. The topological polar surface area (TPSA) is 126 Å². The van der Waals surface area contributed by atoms with Gasteiger partial charge in [-0.2, -0.15) is 5.10 Å². The number of alkyl carbamates (subject to hydrolysis) is 1. The first kappa shape index (κ1) is 24.0. The molecule has 2 aromatic rings. The fourth-order valence-corrected chi connectivity index (χ4v) is 2.56. The third-order valence-corrected chi connectivity index (χ3v) is 4.06. The Morgan fingerprint density at radius 3 is 2.39 bits per heavy atom. The molecule has 170 valence electrons. The van der Waals surface area contributed by atoms with Crippen LogP contribution in [0.4, 0.5) is 4.79 Å². The monoisotopic (exact) mass is 431 g/mol. The van der Waals surface area contributed by atoms with Gasteiger partial charge in [-0.05, 0) is 58.9 Å². The second-order valence-electron chi connectivity index (χ2n) is 8.62. The number of benzene rings is 1. The zero-order valence-corrected chi connectivity index (χ0v) is 19.3. The minimum Gasteiger partial charge on any atom is -0.497 e. The summed E-state index contributed by atoms with van der Waals surface area (Å²) in [6.45, 7) is 10.1. The van der Waals surface area contributed by atoms with Gasteiger partial charge in [0.1, 0.15) is 17.2 Å². The van der Waals surface area contributed by atoms with E-state index in [4.69, 9.17) is 9.47 Å². The second-order valence-corrected chi connectivity index (χ2v) is 8.62. The van der Waals surface area contributed by atoms with E-state index in [1.807, 2.05) is 58.9 Å². The number of nitrogens with one attached hydrogen (secondary N) is 4. The third kappa shape index (κ3) is 8.15. The molecule has 0 saturated heterocycles.